The number of rotatable bonds is 4. The van der Waals surface area contributed by atoms with E-state index < -0.39 is 11.6 Å². The number of benzene rings is 1. The van der Waals surface area contributed by atoms with Gasteiger partial charge in [0.15, 0.2) is 11.6 Å². The topological polar surface area (TPSA) is 0 Å². The summed E-state index contributed by atoms with van der Waals surface area (Å²) in [6, 6.07) is 4.25. The van der Waals surface area contributed by atoms with Crippen LogP contribution in [0.4, 0.5) is 8.78 Å². The predicted octanol–water partition coefficient (Wildman–Crippen LogP) is 3.77. The van der Waals surface area contributed by atoms with Crippen LogP contribution >= 0.6 is 11.6 Å². The zero-order valence-corrected chi connectivity index (χ0v) is 8.82. The summed E-state index contributed by atoms with van der Waals surface area (Å²) in [5.41, 5.74) is 0.414. The largest absolute Gasteiger partial charge is 0.204 e. The Morgan fingerprint density at radius 3 is 2.64 bits per heavy atom. The highest BCUT2D eigenvalue weighted by atomic mass is 35.5. The first-order chi connectivity index (χ1) is 6.69. The molecule has 0 heterocycles. The van der Waals surface area contributed by atoms with Crippen LogP contribution in [-0.2, 0) is 6.42 Å². The van der Waals surface area contributed by atoms with E-state index in [1.54, 1.807) is 6.07 Å². The average molecular weight is 219 g/mol. The maximum Gasteiger partial charge on any atom is 0.162 e. The SMILES string of the molecule is CCC(CCl)Cc1cccc(F)c1F. The third-order valence-electron chi connectivity index (χ3n) is 2.34. The molecule has 0 bridgehead atoms. The van der Waals surface area contributed by atoms with E-state index >= 15 is 0 Å². The summed E-state index contributed by atoms with van der Waals surface area (Å²) in [6.07, 6.45) is 1.38. The third kappa shape index (κ3) is 2.68. The van der Waals surface area contributed by atoms with E-state index in [0.717, 1.165) is 12.5 Å². The van der Waals surface area contributed by atoms with Gasteiger partial charge in [-0.15, -0.1) is 11.6 Å². The highest BCUT2D eigenvalue weighted by Gasteiger charge is 2.12. The van der Waals surface area contributed by atoms with Crippen molar-refractivity contribution in [3.63, 3.8) is 0 Å². The van der Waals surface area contributed by atoms with Gasteiger partial charge < -0.3 is 0 Å². The van der Waals surface area contributed by atoms with Crippen LogP contribution in [0.3, 0.4) is 0 Å². The molecule has 0 saturated heterocycles. The molecular weight excluding hydrogens is 206 g/mol. The lowest BCUT2D eigenvalue weighted by atomic mass is 9.98. The van der Waals surface area contributed by atoms with Crippen molar-refractivity contribution in [1.29, 1.82) is 0 Å². The molecule has 0 fully saturated rings. The van der Waals surface area contributed by atoms with Crippen LogP contribution in [0.5, 0.6) is 0 Å². The zero-order valence-electron chi connectivity index (χ0n) is 8.06. The normalized spacial score (nSPS) is 12.9. The summed E-state index contributed by atoms with van der Waals surface area (Å²) in [4.78, 5) is 0. The lowest BCUT2D eigenvalue weighted by Gasteiger charge is -2.11. The molecular formula is C11H13ClF2. The van der Waals surface area contributed by atoms with Gasteiger partial charge >= 0.3 is 0 Å². The summed E-state index contributed by atoms with van der Waals surface area (Å²) in [7, 11) is 0. The first-order valence-electron chi connectivity index (χ1n) is 4.67. The third-order valence-corrected chi connectivity index (χ3v) is 2.77. The second-order valence-corrected chi connectivity index (χ2v) is 3.65. The average Bonchev–Trinajstić information content (AvgIpc) is 2.20. The monoisotopic (exact) mass is 218 g/mol. The van der Waals surface area contributed by atoms with Crippen LogP contribution < -0.4 is 0 Å². The Morgan fingerprint density at radius 1 is 1.36 bits per heavy atom. The van der Waals surface area contributed by atoms with E-state index in [1.807, 2.05) is 6.92 Å². The van der Waals surface area contributed by atoms with Crippen LogP contribution in [0.2, 0.25) is 0 Å². The molecule has 78 valence electrons. The molecule has 0 aliphatic rings. The van der Waals surface area contributed by atoms with Gasteiger partial charge in [0.2, 0.25) is 0 Å². The molecule has 0 spiro atoms. The van der Waals surface area contributed by atoms with Crippen LogP contribution in [0.15, 0.2) is 18.2 Å². The Hall–Kier alpha value is -0.630. The highest BCUT2D eigenvalue weighted by Crippen LogP contribution is 2.18. The van der Waals surface area contributed by atoms with Crippen molar-refractivity contribution in [2.45, 2.75) is 19.8 Å². The Kier molecular flexibility index (Phi) is 4.33. The van der Waals surface area contributed by atoms with Crippen LogP contribution in [0.25, 0.3) is 0 Å². The molecule has 0 nitrogen and oxygen atoms in total. The fourth-order valence-corrected chi connectivity index (χ4v) is 1.65. The van der Waals surface area contributed by atoms with Crippen LogP contribution in [0, 0.1) is 17.6 Å². The lowest BCUT2D eigenvalue weighted by molar-refractivity contribution is 0.481. The molecule has 0 aliphatic carbocycles. The second kappa shape index (κ2) is 5.30. The molecule has 1 aromatic carbocycles. The summed E-state index contributed by atoms with van der Waals surface area (Å²) in [5, 5.41) is 0. The van der Waals surface area contributed by atoms with Gasteiger partial charge in [-0.05, 0) is 24.0 Å². The van der Waals surface area contributed by atoms with Gasteiger partial charge in [-0.25, -0.2) is 8.78 Å². The van der Waals surface area contributed by atoms with Crippen molar-refractivity contribution in [3.8, 4) is 0 Å². The molecule has 3 heteroatoms. The molecule has 0 amide bonds. The first-order valence-corrected chi connectivity index (χ1v) is 5.21. The zero-order chi connectivity index (χ0) is 10.6. The number of hydrogen-bond donors (Lipinski definition) is 0. The quantitative estimate of drug-likeness (QED) is 0.675. The second-order valence-electron chi connectivity index (χ2n) is 3.35. The van der Waals surface area contributed by atoms with Gasteiger partial charge in [-0.3, -0.25) is 0 Å². The van der Waals surface area contributed by atoms with Crippen molar-refractivity contribution in [1.82, 2.24) is 0 Å². The number of alkyl halides is 1. The molecule has 0 radical (unpaired) electrons. The molecule has 0 aliphatic heterocycles. The Bertz CT molecular complexity index is 295. The first kappa shape index (κ1) is 11.4. The molecule has 0 saturated carbocycles. The molecule has 1 aromatic rings. The van der Waals surface area contributed by atoms with Crippen LogP contribution in [-0.4, -0.2) is 5.88 Å². The van der Waals surface area contributed by atoms with Gasteiger partial charge in [0.25, 0.3) is 0 Å². The van der Waals surface area contributed by atoms with Crippen molar-refractivity contribution >= 4 is 11.6 Å². The molecule has 1 atom stereocenters. The summed E-state index contributed by atoms with van der Waals surface area (Å²) in [6.45, 7) is 1.99. The fraction of sp³-hybridized carbons (Fsp3) is 0.455. The van der Waals surface area contributed by atoms with Gasteiger partial charge in [-0.2, -0.15) is 0 Å². The smallest absolute Gasteiger partial charge is 0.162 e. The maximum absolute atomic E-state index is 13.2. The minimum Gasteiger partial charge on any atom is -0.204 e. The Balaban J connectivity index is 2.80. The molecule has 1 unspecified atom stereocenters. The van der Waals surface area contributed by atoms with Gasteiger partial charge in [0.05, 0.1) is 0 Å². The van der Waals surface area contributed by atoms with Gasteiger partial charge in [0, 0.05) is 5.88 Å². The molecule has 0 N–H and O–H groups in total. The Morgan fingerprint density at radius 2 is 2.07 bits per heavy atom. The molecule has 14 heavy (non-hydrogen) atoms. The van der Waals surface area contributed by atoms with Crippen LogP contribution in [0.1, 0.15) is 18.9 Å². The van der Waals surface area contributed by atoms with E-state index in [0.29, 0.717) is 17.9 Å². The number of hydrogen-bond acceptors (Lipinski definition) is 0. The summed E-state index contributed by atoms with van der Waals surface area (Å²) in [5.74, 6) is -0.831. The fourth-order valence-electron chi connectivity index (χ4n) is 1.33. The summed E-state index contributed by atoms with van der Waals surface area (Å²) >= 11 is 5.69. The lowest BCUT2D eigenvalue weighted by Crippen LogP contribution is -2.07. The van der Waals surface area contributed by atoms with Gasteiger partial charge in [0.1, 0.15) is 0 Å². The maximum atomic E-state index is 13.2. The number of halogens is 3. The van der Waals surface area contributed by atoms with Gasteiger partial charge in [-0.1, -0.05) is 25.5 Å². The van der Waals surface area contributed by atoms with E-state index in [-0.39, 0.29) is 5.92 Å². The van der Waals surface area contributed by atoms with Crippen molar-refractivity contribution in [3.05, 3.63) is 35.4 Å². The van der Waals surface area contributed by atoms with E-state index in [2.05, 4.69) is 0 Å². The van der Waals surface area contributed by atoms with E-state index in [9.17, 15) is 8.78 Å². The predicted molar refractivity (Wildman–Crippen MR) is 54.6 cm³/mol. The standard InChI is InChI=1S/C11H13ClF2/c1-2-8(7-12)6-9-4-3-5-10(13)11(9)14/h3-5,8H,2,6-7H2,1H3. The minimum atomic E-state index is -0.785. The Labute approximate surface area is 87.9 Å². The highest BCUT2D eigenvalue weighted by molar-refractivity contribution is 6.18. The van der Waals surface area contributed by atoms with Crippen molar-refractivity contribution < 1.29 is 8.78 Å². The van der Waals surface area contributed by atoms with E-state index in [1.165, 1.54) is 6.07 Å². The van der Waals surface area contributed by atoms with Crippen molar-refractivity contribution in [2.75, 3.05) is 5.88 Å². The van der Waals surface area contributed by atoms with Crippen molar-refractivity contribution in [2.24, 2.45) is 5.92 Å². The molecule has 1 rings (SSSR count). The minimum absolute atomic E-state index is 0.216. The summed E-state index contributed by atoms with van der Waals surface area (Å²) < 4.78 is 26.0. The molecule has 0 aromatic heterocycles. The van der Waals surface area contributed by atoms with E-state index in [4.69, 9.17) is 11.6 Å².